The summed E-state index contributed by atoms with van der Waals surface area (Å²) in [7, 11) is 6.45. The number of nitrogens with zero attached hydrogens (tertiary/aromatic N) is 2. The Morgan fingerprint density at radius 2 is 2.09 bits per heavy atom. The van der Waals surface area contributed by atoms with E-state index in [1.54, 1.807) is 18.2 Å². The normalized spacial score (nSPS) is 11.8. The predicted molar refractivity (Wildman–Crippen MR) is 99.4 cm³/mol. The van der Waals surface area contributed by atoms with Crippen molar-refractivity contribution in [3.63, 3.8) is 0 Å². The van der Waals surface area contributed by atoms with E-state index in [4.69, 9.17) is 5.73 Å². The number of aromatic nitrogens is 1. The summed E-state index contributed by atoms with van der Waals surface area (Å²) in [5.41, 5.74) is 8.12. The van der Waals surface area contributed by atoms with E-state index < -0.39 is 0 Å². The maximum Gasteiger partial charge on any atom is 0.251 e. The maximum atomic E-state index is 12.3. The summed E-state index contributed by atoms with van der Waals surface area (Å²) in [4.78, 5) is 18.6. The number of carbonyl (C=O) groups is 1. The molecule has 3 N–H and O–H groups in total. The molecule has 2 rings (SSSR count). The van der Waals surface area contributed by atoms with Crippen LogP contribution in [0.25, 0.3) is 0 Å². The largest absolute Gasteiger partial charge is 0.398 e. The van der Waals surface area contributed by atoms with E-state index in [-0.39, 0.29) is 11.9 Å². The van der Waals surface area contributed by atoms with Crippen LogP contribution in [0.2, 0.25) is 0 Å². The van der Waals surface area contributed by atoms with Gasteiger partial charge >= 0.3 is 0 Å². The zero-order valence-electron chi connectivity index (χ0n) is 13.7. The molecule has 0 bridgehead atoms. The Morgan fingerprint density at radius 3 is 2.65 bits per heavy atom. The molecule has 6 heteroatoms. The summed E-state index contributed by atoms with van der Waals surface area (Å²) in [5.74, 6) is 0.819. The number of hydrogen-bond acceptors (Lipinski definition) is 4. The van der Waals surface area contributed by atoms with Crippen LogP contribution in [0.1, 0.15) is 22.8 Å². The molecular formula is C17H23N4OP. The van der Waals surface area contributed by atoms with E-state index in [2.05, 4.69) is 19.5 Å². The van der Waals surface area contributed by atoms with Crippen LogP contribution < -0.4 is 21.3 Å². The van der Waals surface area contributed by atoms with E-state index in [9.17, 15) is 4.79 Å². The van der Waals surface area contributed by atoms with Gasteiger partial charge in [0.1, 0.15) is 5.82 Å². The number of anilines is 2. The molecule has 1 amide bonds. The highest BCUT2D eigenvalue weighted by Gasteiger charge is 2.11. The Bertz CT molecular complexity index is 685. The molecule has 0 aliphatic carbocycles. The van der Waals surface area contributed by atoms with Crippen molar-refractivity contribution < 1.29 is 4.79 Å². The van der Waals surface area contributed by atoms with Gasteiger partial charge in [0, 0.05) is 37.6 Å². The first-order valence-electron chi connectivity index (χ1n) is 7.45. The molecule has 5 nitrogen and oxygen atoms in total. The van der Waals surface area contributed by atoms with Crippen molar-refractivity contribution in [2.45, 2.75) is 19.4 Å². The van der Waals surface area contributed by atoms with Gasteiger partial charge in [0.05, 0.1) is 0 Å². The minimum Gasteiger partial charge on any atom is -0.398 e. The second kappa shape index (κ2) is 7.42. The Labute approximate surface area is 139 Å². The van der Waals surface area contributed by atoms with Crippen LogP contribution in [0.15, 0.2) is 36.5 Å². The van der Waals surface area contributed by atoms with Crippen LogP contribution in [0, 0.1) is 0 Å². The van der Waals surface area contributed by atoms with Crippen LogP contribution in [0.5, 0.6) is 0 Å². The first-order valence-corrected chi connectivity index (χ1v) is 8.02. The molecule has 0 spiro atoms. The van der Waals surface area contributed by atoms with Crippen molar-refractivity contribution in [3.8, 4) is 0 Å². The van der Waals surface area contributed by atoms with Crippen LogP contribution in [-0.4, -0.2) is 31.0 Å². The number of hydrogen-bond donors (Lipinski definition) is 2. The Morgan fingerprint density at radius 1 is 1.35 bits per heavy atom. The van der Waals surface area contributed by atoms with Gasteiger partial charge in [-0.2, -0.15) is 0 Å². The van der Waals surface area contributed by atoms with Gasteiger partial charge in [-0.1, -0.05) is 6.07 Å². The van der Waals surface area contributed by atoms with Gasteiger partial charge in [-0.25, -0.2) is 4.98 Å². The third-order valence-electron chi connectivity index (χ3n) is 3.54. The van der Waals surface area contributed by atoms with Crippen LogP contribution >= 0.6 is 9.24 Å². The second-order valence-corrected chi connectivity index (χ2v) is 6.46. The van der Waals surface area contributed by atoms with Crippen molar-refractivity contribution in [3.05, 3.63) is 47.7 Å². The van der Waals surface area contributed by atoms with Crippen LogP contribution in [0.3, 0.4) is 0 Å². The van der Waals surface area contributed by atoms with E-state index in [1.807, 2.05) is 44.2 Å². The molecule has 1 aromatic carbocycles. The van der Waals surface area contributed by atoms with Gasteiger partial charge in [0.25, 0.3) is 5.91 Å². The molecule has 1 aromatic heterocycles. The highest BCUT2D eigenvalue weighted by Crippen LogP contribution is 2.11. The van der Waals surface area contributed by atoms with Crippen molar-refractivity contribution >= 4 is 32.0 Å². The van der Waals surface area contributed by atoms with E-state index in [0.29, 0.717) is 11.3 Å². The van der Waals surface area contributed by atoms with Gasteiger partial charge in [0.2, 0.25) is 0 Å². The average Bonchev–Trinajstić information content (AvgIpc) is 2.50. The first kappa shape index (κ1) is 17.2. The molecule has 0 saturated carbocycles. The number of pyridine rings is 1. The third-order valence-corrected chi connectivity index (χ3v) is 4.04. The number of rotatable bonds is 5. The molecule has 0 aliphatic rings. The Hall–Kier alpha value is -2.13. The average molecular weight is 330 g/mol. The molecule has 122 valence electrons. The van der Waals surface area contributed by atoms with Gasteiger partial charge in [-0.15, -0.1) is 9.24 Å². The quantitative estimate of drug-likeness (QED) is 0.645. The maximum absolute atomic E-state index is 12.3. The Balaban J connectivity index is 1.96. The lowest BCUT2D eigenvalue weighted by atomic mass is 10.1. The summed E-state index contributed by atoms with van der Waals surface area (Å²) in [5, 5.41) is 3.83. The minimum atomic E-state index is -0.0981. The van der Waals surface area contributed by atoms with Gasteiger partial charge < -0.3 is 16.0 Å². The fraction of sp³-hybridized carbons (Fsp3) is 0.294. The lowest BCUT2D eigenvalue weighted by Crippen LogP contribution is -2.34. The molecule has 2 aromatic rings. The molecule has 0 saturated heterocycles. The highest BCUT2D eigenvalue weighted by molar-refractivity contribution is 7.28. The molecule has 0 aliphatic heterocycles. The fourth-order valence-electron chi connectivity index (χ4n) is 2.23. The number of nitrogens with one attached hydrogen (secondary N) is 1. The smallest absolute Gasteiger partial charge is 0.251 e. The van der Waals surface area contributed by atoms with E-state index in [1.165, 1.54) is 0 Å². The fourth-order valence-corrected chi connectivity index (χ4v) is 2.51. The topological polar surface area (TPSA) is 71.2 Å². The summed E-state index contributed by atoms with van der Waals surface area (Å²) in [6.45, 7) is 1.98. The number of benzene rings is 1. The molecule has 2 atom stereocenters. The van der Waals surface area contributed by atoms with Crippen molar-refractivity contribution in [1.29, 1.82) is 0 Å². The summed E-state index contributed by atoms with van der Waals surface area (Å²) in [6, 6.07) is 9.28. The van der Waals surface area contributed by atoms with E-state index >= 15 is 0 Å². The molecule has 0 radical (unpaired) electrons. The lowest BCUT2D eigenvalue weighted by Gasteiger charge is -2.15. The molecule has 0 fully saturated rings. The summed E-state index contributed by atoms with van der Waals surface area (Å²) < 4.78 is 0. The number of nitrogens with two attached hydrogens (primary N) is 1. The van der Waals surface area contributed by atoms with Crippen molar-refractivity contribution in [2.75, 3.05) is 24.7 Å². The number of nitrogen functional groups attached to an aromatic ring is 1. The van der Waals surface area contributed by atoms with Crippen molar-refractivity contribution in [1.82, 2.24) is 10.3 Å². The van der Waals surface area contributed by atoms with E-state index in [0.717, 1.165) is 23.1 Å². The second-order valence-electron chi connectivity index (χ2n) is 5.84. The monoisotopic (exact) mass is 330 g/mol. The van der Waals surface area contributed by atoms with Crippen LogP contribution in [-0.2, 0) is 6.42 Å². The van der Waals surface area contributed by atoms with Crippen LogP contribution in [0.4, 0.5) is 11.5 Å². The zero-order valence-corrected chi connectivity index (χ0v) is 14.9. The Kier molecular flexibility index (Phi) is 5.56. The summed E-state index contributed by atoms with van der Waals surface area (Å²) >= 11 is 0. The van der Waals surface area contributed by atoms with Gasteiger partial charge in [0.15, 0.2) is 0 Å². The zero-order chi connectivity index (χ0) is 17.0. The lowest BCUT2D eigenvalue weighted by molar-refractivity contribution is 0.0940. The highest BCUT2D eigenvalue weighted by atomic mass is 31.0. The standard InChI is InChI=1S/C17H23N4OP/c1-11(8-12-4-7-16(19-10-12)21(2)3)20-17(22)13-5-6-14(18)15(23)9-13/h4-7,9-11H,8,18,23H2,1-3H3,(H,20,22). The molecule has 23 heavy (non-hydrogen) atoms. The minimum absolute atomic E-state index is 0.0139. The summed E-state index contributed by atoms with van der Waals surface area (Å²) in [6.07, 6.45) is 2.58. The number of amides is 1. The van der Waals surface area contributed by atoms with Gasteiger partial charge in [-0.05, 0) is 48.5 Å². The first-order chi connectivity index (χ1) is 10.9. The predicted octanol–water partition coefficient (Wildman–Crippen LogP) is 1.59. The molecule has 1 heterocycles. The SMILES string of the molecule is CC(Cc1ccc(N(C)C)nc1)NC(=O)c1ccc(N)c(P)c1. The third kappa shape index (κ3) is 4.67. The number of carbonyl (C=O) groups excluding carboxylic acids is 1. The van der Waals surface area contributed by atoms with Gasteiger partial charge in [-0.3, -0.25) is 4.79 Å². The van der Waals surface area contributed by atoms with Crippen molar-refractivity contribution in [2.24, 2.45) is 0 Å². The molecular weight excluding hydrogens is 307 g/mol. The molecule has 2 unspecified atom stereocenters.